The highest BCUT2D eigenvalue weighted by Crippen LogP contribution is 1.97. The lowest BCUT2D eigenvalue weighted by molar-refractivity contribution is -0.672. The molecule has 0 unspecified atom stereocenters. The van der Waals surface area contributed by atoms with Crippen LogP contribution in [0.1, 0.15) is 32.6 Å². The second-order valence-electron chi connectivity index (χ2n) is 3.33. The smallest absolute Gasteiger partial charge is 0.284 e. The van der Waals surface area contributed by atoms with E-state index in [1.165, 1.54) is 19.3 Å². The van der Waals surface area contributed by atoms with Crippen LogP contribution < -0.4 is 9.40 Å². The predicted molar refractivity (Wildman–Crippen MR) is 51.2 cm³/mol. The van der Waals surface area contributed by atoms with Gasteiger partial charge in [-0.2, -0.15) is 0 Å². The summed E-state index contributed by atoms with van der Waals surface area (Å²) < 4.78 is 3.72. The van der Waals surface area contributed by atoms with E-state index in [2.05, 4.69) is 6.92 Å². The van der Waals surface area contributed by atoms with Crippen LogP contribution in [-0.4, -0.2) is 11.3 Å². The van der Waals surface area contributed by atoms with Gasteiger partial charge in [0, 0.05) is 0 Å². The Morgan fingerprint density at radius 3 is 2.77 bits per heavy atom. The van der Waals surface area contributed by atoms with Gasteiger partial charge in [-0.3, -0.25) is 0 Å². The molecule has 1 aromatic heterocycles. The molecule has 13 heavy (non-hydrogen) atoms. The molecule has 0 atom stereocenters. The van der Waals surface area contributed by atoms with Crippen molar-refractivity contribution in [1.29, 1.82) is 0 Å². The van der Waals surface area contributed by atoms with E-state index in [9.17, 15) is 0 Å². The number of hydrogen-bond acceptors (Lipinski definition) is 1. The molecule has 0 N–H and O–H groups in total. The van der Waals surface area contributed by atoms with Crippen LogP contribution in [0.15, 0.2) is 18.7 Å². The van der Waals surface area contributed by atoms with Crippen LogP contribution in [0.5, 0.6) is 0 Å². The summed E-state index contributed by atoms with van der Waals surface area (Å²) in [7, 11) is 1.98. The van der Waals surface area contributed by atoms with Gasteiger partial charge < -0.3 is 4.84 Å². The molecule has 0 aliphatic carbocycles. The Balaban J connectivity index is 2.06. The van der Waals surface area contributed by atoms with Crippen molar-refractivity contribution in [1.82, 2.24) is 4.73 Å². The van der Waals surface area contributed by atoms with Gasteiger partial charge >= 0.3 is 0 Å². The minimum absolute atomic E-state index is 0.814. The highest BCUT2D eigenvalue weighted by molar-refractivity contribution is 4.60. The number of aromatic nitrogens is 2. The second kappa shape index (κ2) is 5.62. The van der Waals surface area contributed by atoms with Gasteiger partial charge in [0.1, 0.15) is 12.8 Å². The molecular weight excluding hydrogens is 164 g/mol. The van der Waals surface area contributed by atoms with Gasteiger partial charge in [-0.25, -0.2) is 4.57 Å². The fourth-order valence-electron chi connectivity index (χ4n) is 1.20. The Labute approximate surface area is 79.9 Å². The van der Waals surface area contributed by atoms with Crippen LogP contribution >= 0.6 is 0 Å². The van der Waals surface area contributed by atoms with Crippen LogP contribution in [0.4, 0.5) is 0 Å². The molecule has 1 heterocycles. The maximum atomic E-state index is 5.47. The summed E-state index contributed by atoms with van der Waals surface area (Å²) >= 11 is 0. The van der Waals surface area contributed by atoms with Gasteiger partial charge in [-0.15, -0.1) is 0 Å². The van der Waals surface area contributed by atoms with Crippen LogP contribution in [0.25, 0.3) is 0 Å². The van der Waals surface area contributed by atoms with Gasteiger partial charge in [0.2, 0.25) is 0 Å². The van der Waals surface area contributed by atoms with Gasteiger partial charge in [0.05, 0.1) is 7.05 Å². The fourth-order valence-corrected chi connectivity index (χ4v) is 1.20. The number of hydrogen-bond donors (Lipinski definition) is 0. The van der Waals surface area contributed by atoms with E-state index in [4.69, 9.17) is 4.84 Å². The van der Waals surface area contributed by atoms with E-state index >= 15 is 0 Å². The number of imidazole rings is 1. The van der Waals surface area contributed by atoms with E-state index in [0.29, 0.717) is 0 Å². The summed E-state index contributed by atoms with van der Waals surface area (Å²) in [4.78, 5) is 5.47. The summed E-state index contributed by atoms with van der Waals surface area (Å²) in [6.07, 6.45) is 10.8. The maximum Gasteiger partial charge on any atom is 0.284 e. The first-order valence-electron chi connectivity index (χ1n) is 4.99. The average Bonchev–Trinajstić information content (AvgIpc) is 2.51. The van der Waals surface area contributed by atoms with E-state index < -0.39 is 0 Å². The molecule has 0 fully saturated rings. The van der Waals surface area contributed by atoms with E-state index in [1.807, 2.05) is 30.3 Å². The van der Waals surface area contributed by atoms with Crippen LogP contribution in [0.2, 0.25) is 0 Å². The quantitative estimate of drug-likeness (QED) is 0.480. The molecule has 1 rings (SSSR count). The third-order valence-electron chi connectivity index (χ3n) is 1.98. The standard InChI is InChI=1S/C10H19N2O/c1-3-4-5-6-9-13-12-8-7-11(2)10-12/h7-8,10H,3-6,9H2,1-2H3/q+1. The molecule has 0 aliphatic rings. The Kier molecular flexibility index (Phi) is 4.36. The van der Waals surface area contributed by atoms with Crippen molar-refractivity contribution in [3.8, 4) is 0 Å². The minimum Gasteiger partial charge on any atom is -0.336 e. The van der Waals surface area contributed by atoms with Gasteiger partial charge in [-0.05, 0) is 12.8 Å². The van der Waals surface area contributed by atoms with Crippen molar-refractivity contribution >= 4 is 0 Å². The summed E-state index contributed by atoms with van der Waals surface area (Å²) in [6, 6.07) is 0. The van der Waals surface area contributed by atoms with Gasteiger partial charge in [-0.1, -0.05) is 24.5 Å². The van der Waals surface area contributed by atoms with Crippen LogP contribution in [0.3, 0.4) is 0 Å². The Hall–Kier alpha value is -0.990. The van der Waals surface area contributed by atoms with Crippen molar-refractivity contribution in [2.45, 2.75) is 32.6 Å². The monoisotopic (exact) mass is 183 g/mol. The van der Waals surface area contributed by atoms with Crippen LogP contribution in [0, 0.1) is 0 Å². The van der Waals surface area contributed by atoms with Crippen molar-refractivity contribution in [2.75, 3.05) is 6.61 Å². The summed E-state index contributed by atoms with van der Waals surface area (Å²) in [5.74, 6) is 0. The SMILES string of the molecule is CCCCCCOn1cc[n+](C)c1. The van der Waals surface area contributed by atoms with Gasteiger partial charge in [0.15, 0.2) is 6.20 Å². The predicted octanol–water partition coefficient (Wildman–Crippen LogP) is 1.32. The molecular formula is C10H19N2O+. The van der Waals surface area contributed by atoms with Crippen molar-refractivity contribution in [2.24, 2.45) is 7.05 Å². The number of nitrogens with zero attached hydrogens (tertiary/aromatic N) is 2. The molecule has 3 nitrogen and oxygen atoms in total. The zero-order valence-corrected chi connectivity index (χ0v) is 8.57. The summed E-state index contributed by atoms with van der Waals surface area (Å²) in [5.41, 5.74) is 0. The molecule has 0 spiro atoms. The molecule has 0 radical (unpaired) electrons. The lowest BCUT2D eigenvalue weighted by Crippen LogP contribution is -2.25. The first-order chi connectivity index (χ1) is 6.33. The molecule has 3 heteroatoms. The Bertz CT molecular complexity index is 233. The zero-order valence-electron chi connectivity index (χ0n) is 8.57. The first-order valence-corrected chi connectivity index (χ1v) is 4.99. The first kappa shape index (κ1) is 10.1. The van der Waals surface area contributed by atoms with Crippen LogP contribution in [-0.2, 0) is 7.05 Å². The summed E-state index contributed by atoms with van der Waals surface area (Å²) in [6.45, 7) is 3.03. The molecule has 0 amide bonds. The highest BCUT2D eigenvalue weighted by atomic mass is 16.7. The number of unbranched alkanes of at least 4 members (excludes halogenated alkanes) is 3. The number of aryl methyl sites for hydroxylation is 1. The largest absolute Gasteiger partial charge is 0.336 e. The molecule has 0 aliphatic heterocycles. The third-order valence-corrected chi connectivity index (χ3v) is 1.98. The molecule has 0 bridgehead atoms. The lowest BCUT2D eigenvalue weighted by atomic mass is 10.2. The van der Waals surface area contributed by atoms with E-state index in [-0.39, 0.29) is 0 Å². The van der Waals surface area contributed by atoms with Crippen molar-refractivity contribution in [3.05, 3.63) is 18.7 Å². The maximum absolute atomic E-state index is 5.47. The van der Waals surface area contributed by atoms with Gasteiger partial charge in [0.25, 0.3) is 6.33 Å². The van der Waals surface area contributed by atoms with Crippen molar-refractivity contribution in [3.63, 3.8) is 0 Å². The lowest BCUT2D eigenvalue weighted by Gasteiger charge is -1.98. The average molecular weight is 183 g/mol. The molecule has 0 aromatic carbocycles. The highest BCUT2D eigenvalue weighted by Gasteiger charge is 1.99. The molecule has 0 saturated heterocycles. The summed E-state index contributed by atoms with van der Waals surface area (Å²) in [5, 5.41) is 0. The molecule has 1 aromatic rings. The number of rotatable bonds is 6. The van der Waals surface area contributed by atoms with E-state index in [0.717, 1.165) is 13.0 Å². The fraction of sp³-hybridized carbons (Fsp3) is 0.700. The zero-order chi connectivity index (χ0) is 9.52. The van der Waals surface area contributed by atoms with Crippen molar-refractivity contribution < 1.29 is 9.40 Å². The molecule has 0 saturated carbocycles. The Morgan fingerprint density at radius 1 is 1.31 bits per heavy atom. The van der Waals surface area contributed by atoms with E-state index in [1.54, 1.807) is 4.73 Å². The molecule has 74 valence electrons. The normalized spacial score (nSPS) is 10.3. The second-order valence-corrected chi connectivity index (χ2v) is 3.33. The Morgan fingerprint density at radius 2 is 2.15 bits per heavy atom. The topological polar surface area (TPSA) is 18.0 Å². The third kappa shape index (κ3) is 3.97. The minimum atomic E-state index is 0.814.